The van der Waals surface area contributed by atoms with Crippen molar-refractivity contribution in [2.24, 2.45) is 16.3 Å². The smallest absolute Gasteiger partial charge is 0.144 e. The van der Waals surface area contributed by atoms with Gasteiger partial charge in [0.2, 0.25) is 0 Å². The molecule has 0 aromatic carbocycles. The standard InChI is InChI=1S/C14H30N4O/c1-4-18-10-5-7-12(18)11-16-9-6-8-14(2,3)13(15)17-19/h12,16,19H,4-11H2,1-3H3,(H2,15,17). The Morgan fingerprint density at radius 3 is 2.89 bits per heavy atom. The van der Waals surface area contributed by atoms with Crippen molar-refractivity contribution in [3.63, 3.8) is 0 Å². The summed E-state index contributed by atoms with van der Waals surface area (Å²) in [5, 5.41) is 15.4. The van der Waals surface area contributed by atoms with Gasteiger partial charge in [0.05, 0.1) is 0 Å². The van der Waals surface area contributed by atoms with Crippen molar-refractivity contribution in [3.8, 4) is 0 Å². The monoisotopic (exact) mass is 270 g/mol. The highest BCUT2D eigenvalue weighted by atomic mass is 16.4. The lowest BCUT2D eigenvalue weighted by Crippen LogP contribution is -2.38. The average molecular weight is 270 g/mol. The van der Waals surface area contributed by atoms with Gasteiger partial charge in [0.15, 0.2) is 0 Å². The van der Waals surface area contributed by atoms with Gasteiger partial charge in [0.25, 0.3) is 0 Å². The molecule has 0 bridgehead atoms. The van der Waals surface area contributed by atoms with Gasteiger partial charge in [0.1, 0.15) is 5.84 Å². The van der Waals surface area contributed by atoms with Gasteiger partial charge >= 0.3 is 0 Å². The quantitative estimate of drug-likeness (QED) is 0.206. The Balaban J connectivity index is 2.14. The van der Waals surface area contributed by atoms with Crippen LogP contribution in [0.4, 0.5) is 0 Å². The molecule has 0 aliphatic carbocycles. The first-order chi connectivity index (χ1) is 9.01. The summed E-state index contributed by atoms with van der Waals surface area (Å²) in [5.41, 5.74) is 5.45. The van der Waals surface area contributed by atoms with E-state index in [-0.39, 0.29) is 5.41 Å². The maximum absolute atomic E-state index is 8.71. The molecule has 1 aliphatic rings. The molecule has 1 atom stereocenters. The first kappa shape index (κ1) is 16.2. The van der Waals surface area contributed by atoms with Crippen molar-refractivity contribution in [1.29, 1.82) is 0 Å². The Morgan fingerprint density at radius 1 is 1.53 bits per heavy atom. The number of hydrogen-bond donors (Lipinski definition) is 3. The number of nitrogens with one attached hydrogen (secondary N) is 1. The van der Waals surface area contributed by atoms with Gasteiger partial charge in [-0.15, -0.1) is 0 Å². The predicted molar refractivity (Wildman–Crippen MR) is 79.6 cm³/mol. The number of amidine groups is 1. The van der Waals surface area contributed by atoms with E-state index in [4.69, 9.17) is 10.9 Å². The molecule has 19 heavy (non-hydrogen) atoms. The van der Waals surface area contributed by atoms with Crippen LogP contribution < -0.4 is 11.1 Å². The topological polar surface area (TPSA) is 73.9 Å². The van der Waals surface area contributed by atoms with Gasteiger partial charge in [-0.25, -0.2) is 0 Å². The van der Waals surface area contributed by atoms with E-state index in [0.29, 0.717) is 11.9 Å². The average Bonchev–Trinajstić information content (AvgIpc) is 2.84. The molecule has 0 aromatic rings. The van der Waals surface area contributed by atoms with Crippen LogP contribution in [0.5, 0.6) is 0 Å². The second kappa shape index (κ2) is 7.70. The molecule has 5 heteroatoms. The van der Waals surface area contributed by atoms with E-state index >= 15 is 0 Å². The molecule has 1 rings (SSSR count). The minimum absolute atomic E-state index is 0.223. The largest absolute Gasteiger partial charge is 0.409 e. The Kier molecular flexibility index (Phi) is 6.58. The molecule has 0 spiro atoms. The van der Waals surface area contributed by atoms with Gasteiger partial charge in [0, 0.05) is 18.0 Å². The number of hydrogen-bond acceptors (Lipinski definition) is 4. The fraction of sp³-hybridized carbons (Fsp3) is 0.929. The molecule has 4 N–H and O–H groups in total. The summed E-state index contributed by atoms with van der Waals surface area (Å²) in [4.78, 5) is 2.55. The number of oxime groups is 1. The minimum Gasteiger partial charge on any atom is -0.409 e. The summed E-state index contributed by atoms with van der Waals surface area (Å²) in [6.45, 7) is 10.7. The first-order valence-electron chi connectivity index (χ1n) is 7.44. The molecule has 1 saturated heterocycles. The van der Waals surface area contributed by atoms with Gasteiger partial charge in [-0.3, -0.25) is 4.90 Å². The van der Waals surface area contributed by atoms with E-state index < -0.39 is 0 Å². The normalized spacial score (nSPS) is 22.1. The van der Waals surface area contributed by atoms with Crippen molar-refractivity contribution in [1.82, 2.24) is 10.2 Å². The van der Waals surface area contributed by atoms with Crippen molar-refractivity contribution >= 4 is 5.84 Å². The fourth-order valence-electron chi connectivity index (χ4n) is 2.73. The molecule has 1 fully saturated rings. The van der Waals surface area contributed by atoms with E-state index in [1.165, 1.54) is 19.4 Å². The third-order valence-corrected chi connectivity index (χ3v) is 4.24. The molecule has 0 amide bonds. The molecule has 5 nitrogen and oxygen atoms in total. The zero-order chi connectivity index (χ0) is 14.3. The van der Waals surface area contributed by atoms with Crippen molar-refractivity contribution in [3.05, 3.63) is 0 Å². The van der Waals surface area contributed by atoms with E-state index in [2.05, 4.69) is 22.3 Å². The van der Waals surface area contributed by atoms with E-state index in [9.17, 15) is 0 Å². The van der Waals surface area contributed by atoms with E-state index in [1.807, 2.05) is 13.8 Å². The zero-order valence-electron chi connectivity index (χ0n) is 12.7. The summed E-state index contributed by atoms with van der Waals surface area (Å²) in [6.07, 6.45) is 4.62. The summed E-state index contributed by atoms with van der Waals surface area (Å²) < 4.78 is 0. The van der Waals surface area contributed by atoms with E-state index in [0.717, 1.165) is 32.5 Å². The lowest BCUT2D eigenvalue weighted by Gasteiger charge is -2.24. The van der Waals surface area contributed by atoms with Crippen molar-refractivity contribution in [2.75, 3.05) is 26.2 Å². The lowest BCUT2D eigenvalue weighted by atomic mass is 9.86. The van der Waals surface area contributed by atoms with Crippen LogP contribution in [0.25, 0.3) is 0 Å². The molecular weight excluding hydrogens is 240 g/mol. The highest BCUT2D eigenvalue weighted by Crippen LogP contribution is 2.22. The number of likely N-dealkylation sites (N-methyl/N-ethyl adjacent to an activating group) is 1. The van der Waals surface area contributed by atoms with Crippen LogP contribution in [0.15, 0.2) is 5.16 Å². The van der Waals surface area contributed by atoms with Crippen LogP contribution in [-0.2, 0) is 0 Å². The zero-order valence-corrected chi connectivity index (χ0v) is 12.7. The maximum atomic E-state index is 8.71. The van der Waals surface area contributed by atoms with Crippen LogP contribution in [0.1, 0.15) is 46.5 Å². The summed E-state index contributed by atoms with van der Waals surface area (Å²) >= 11 is 0. The molecule has 0 radical (unpaired) electrons. The highest BCUT2D eigenvalue weighted by Gasteiger charge is 2.24. The molecule has 0 aromatic heterocycles. The molecule has 1 heterocycles. The summed E-state index contributed by atoms with van der Waals surface area (Å²) in [6, 6.07) is 0.710. The van der Waals surface area contributed by atoms with Gasteiger partial charge < -0.3 is 16.3 Å². The molecule has 1 unspecified atom stereocenters. The van der Waals surface area contributed by atoms with Gasteiger partial charge in [-0.2, -0.15) is 0 Å². The second-order valence-electron chi connectivity index (χ2n) is 6.10. The van der Waals surface area contributed by atoms with Crippen LogP contribution in [0.3, 0.4) is 0 Å². The molecule has 0 saturated carbocycles. The number of nitrogens with zero attached hydrogens (tertiary/aromatic N) is 2. The second-order valence-corrected chi connectivity index (χ2v) is 6.10. The maximum Gasteiger partial charge on any atom is 0.144 e. The summed E-state index contributed by atoms with van der Waals surface area (Å²) in [5.74, 6) is 0.320. The Hall–Kier alpha value is -0.810. The first-order valence-corrected chi connectivity index (χ1v) is 7.44. The Bertz CT molecular complexity index is 291. The Morgan fingerprint density at radius 2 is 2.26 bits per heavy atom. The van der Waals surface area contributed by atoms with Gasteiger partial charge in [-0.05, 0) is 45.3 Å². The van der Waals surface area contributed by atoms with Crippen LogP contribution in [-0.4, -0.2) is 48.2 Å². The number of rotatable bonds is 8. The SMILES string of the molecule is CCN1CCCC1CNCCCC(C)(C)C(N)=NO. The third kappa shape index (κ3) is 4.99. The van der Waals surface area contributed by atoms with E-state index in [1.54, 1.807) is 0 Å². The van der Waals surface area contributed by atoms with Crippen molar-refractivity contribution in [2.45, 2.75) is 52.5 Å². The highest BCUT2D eigenvalue weighted by molar-refractivity contribution is 5.85. The minimum atomic E-state index is -0.223. The molecule has 1 aliphatic heterocycles. The van der Waals surface area contributed by atoms with Crippen LogP contribution in [0.2, 0.25) is 0 Å². The van der Waals surface area contributed by atoms with Gasteiger partial charge in [-0.1, -0.05) is 25.9 Å². The lowest BCUT2D eigenvalue weighted by molar-refractivity contribution is 0.259. The predicted octanol–water partition coefficient (Wildman–Crippen LogP) is 1.61. The summed E-state index contributed by atoms with van der Waals surface area (Å²) in [7, 11) is 0. The Labute approximate surface area is 117 Å². The third-order valence-electron chi connectivity index (χ3n) is 4.24. The molecular formula is C14H30N4O. The number of likely N-dealkylation sites (tertiary alicyclic amines) is 1. The van der Waals surface area contributed by atoms with Crippen LogP contribution >= 0.6 is 0 Å². The molecule has 112 valence electrons. The van der Waals surface area contributed by atoms with Crippen LogP contribution in [0, 0.1) is 5.41 Å². The number of nitrogens with two attached hydrogens (primary N) is 1. The van der Waals surface area contributed by atoms with Crippen molar-refractivity contribution < 1.29 is 5.21 Å². The fourth-order valence-corrected chi connectivity index (χ4v) is 2.73.